The fourth-order valence-corrected chi connectivity index (χ4v) is 3.07. The first-order chi connectivity index (χ1) is 11.7. The molecule has 0 radical (unpaired) electrons. The normalized spacial score (nSPS) is 14.9. The summed E-state index contributed by atoms with van der Waals surface area (Å²) < 4.78 is 5.38. The van der Waals surface area contributed by atoms with Crippen molar-refractivity contribution in [3.8, 4) is 5.75 Å². The van der Waals surface area contributed by atoms with Crippen LogP contribution in [0, 0.1) is 5.92 Å². The van der Waals surface area contributed by atoms with Crippen LogP contribution in [0.4, 0.5) is 5.69 Å². The first-order valence-electron chi connectivity index (χ1n) is 8.96. The van der Waals surface area contributed by atoms with Crippen molar-refractivity contribution in [2.75, 3.05) is 18.5 Å². The van der Waals surface area contributed by atoms with Gasteiger partial charge in [0.15, 0.2) is 6.61 Å². The number of rotatable bonds is 8. The molecule has 1 aliphatic carbocycles. The molecule has 24 heavy (non-hydrogen) atoms. The molecule has 1 fully saturated rings. The van der Waals surface area contributed by atoms with Crippen molar-refractivity contribution in [3.05, 3.63) is 24.3 Å². The molecule has 1 aromatic carbocycles. The third kappa shape index (κ3) is 6.60. The Balaban J connectivity index is 1.70. The van der Waals surface area contributed by atoms with Crippen molar-refractivity contribution in [2.24, 2.45) is 5.92 Å². The highest BCUT2D eigenvalue weighted by Crippen LogP contribution is 2.27. The van der Waals surface area contributed by atoms with Gasteiger partial charge in [0.25, 0.3) is 5.91 Å². The average Bonchev–Trinajstić information content (AvgIpc) is 2.60. The molecule has 2 N–H and O–H groups in total. The molecule has 0 atom stereocenters. The standard InChI is InChI=1S/C19H28N2O3/c1-2-20-19(23)14-24-17-11-9-16(10-12-17)21-18(22)13-8-15-6-4-3-5-7-15/h9-12,15H,2-8,13-14H2,1H3,(H,20,23)(H,21,22). The zero-order valence-corrected chi connectivity index (χ0v) is 14.5. The maximum absolute atomic E-state index is 12.0. The highest BCUT2D eigenvalue weighted by atomic mass is 16.5. The van der Waals surface area contributed by atoms with Crippen molar-refractivity contribution in [1.82, 2.24) is 5.32 Å². The third-order valence-electron chi connectivity index (χ3n) is 4.39. The lowest BCUT2D eigenvalue weighted by Crippen LogP contribution is -2.28. The zero-order valence-electron chi connectivity index (χ0n) is 14.5. The van der Waals surface area contributed by atoms with Gasteiger partial charge in [-0.2, -0.15) is 0 Å². The summed E-state index contributed by atoms with van der Waals surface area (Å²) >= 11 is 0. The van der Waals surface area contributed by atoms with Crippen LogP contribution in [0.2, 0.25) is 0 Å². The maximum Gasteiger partial charge on any atom is 0.257 e. The highest BCUT2D eigenvalue weighted by Gasteiger charge is 2.14. The molecule has 0 spiro atoms. The van der Waals surface area contributed by atoms with Gasteiger partial charge in [0.05, 0.1) is 0 Å². The first kappa shape index (κ1) is 18.3. The Bertz CT molecular complexity index is 522. The van der Waals surface area contributed by atoms with Gasteiger partial charge in [-0.05, 0) is 43.5 Å². The molecule has 0 aliphatic heterocycles. The minimum atomic E-state index is -0.141. The van der Waals surface area contributed by atoms with Gasteiger partial charge in [-0.1, -0.05) is 32.1 Å². The Hall–Kier alpha value is -2.04. The Labute approximate surface area is 144 Å². The summed E-state index contributed by atoms with van der Waals surface area (Å²) in [6.45, 7) is 2.46. The van der Waals surface area contributed by atoms with E-state index in [0.29, 0.717) is 18.7 Å². The molecule has 1 aliphatic rings. The molecule has 5 nitrogen and oxygen atoms in total. The largest absolute Gasteiger partial charge is 0.484 e. The van der Waals surface area contributed by atoms with Crippen LogP contribution in [0.15, 0.2) is 24.3 Å². The second-order valence-electron chi connectivity index (χ2n) is 6.36. The third-order valence-corrected chi connectivity index (χ3v) is 4.39. The first-order valence-corrected chi connectivity index (χ1v) is 8.96. The van der Waals surface area contributed by atoms with E-state index in [4.69, 9.17) is 4.74 Å². The van der Waals surface area contributed by atoms with E-state index >= 15 is 0 Å². The van der Waals surface area contributed by atoms with Crippen molar-refractivity contribution in [2.45, 2.75) is 51.9 Å². The van der Waals surface area contributed by atoms with Crippen LogP contribution < -0.4 is 15.4 Å². The summed E-state index contributed by atoms with van der Waals surface area (Å²) in [7, 11) is 0. The summed E-state index contributed by atoms with van der Waals surface area (Å²) in [5.41, 5.74) is 0.758. The summed E-state index contributed by atoms with van der Waals surface area (Å²) in [5.74, 6) is 1.25. The second-order valence-corrected chi connectivity index (χ2v) is 6.36. The predicted molar refractivity (Wildman–Crippen MR) is 95.1 cm³/mol. The van der Waals surface area contributed by atoms with Crippen molar-refractivity contribution in [1.29, 1.82) is 0 Å². The minimum Gasteiger partial charge on any atom is -0.484 e. The molecule has 1 saturated carbocycles. The molecule has 0 bridgehead atoms. The number of anilines is 1. The number of nitrogens with one attached hydrogen (secondary N) is 2. The van der Waals surface area contributed by atoms with Crippen molar-refractivity contribution < 1.29 is 14.3 Å². The van der Waals surface area contributed by atoms with E-state index in [1.54, 1.807) is 24.3 Å². The fraction of sp³-hybridized carbons (Fsp3) is 0.579. The smallest absolute Gasteiger partial charge is 0.257 e. The zero-order chi connectivity index (χ0) is 17.2. The van der Waals surface area contributed by atoms with Crippen molar-refractivity contribution in [3.63, 3.8) is 0 Å². The van der Waals surface area contributed by atoms with E-state index in [-0.39, 0.29) is 18.4 Å². The van der Waals surface area contributed by atoms with Gasteiger partial charge in [0, 0.05) is 18.7 Å². The van der Waals surface area contributed by atoms with Crippen LogP contribution in [0.25, 0.3) is 0 Å². The number of benzene rings is 1. The molecule has 0 heterocycles. The molecule has 1 aromatic rings. The van der Waals surface area contributed by atoms with Gasteiger partial charge in [-0.25, -0.2) is 0 Å². The van der Waals surface area contributed by atoms with E-state index in [0.717, 1.165) is 18.0 Å². The molecular weight excluding hydrogens is 304 g/mol. The van der Waals surface area contributed by atoms with Crippen LogP contribution >= 0.6 is 0 Å². The van der Waals surface area contributed by atoms with E-state index in [9.17, 15) is 9.59 Å². The van der Waals surface area contributed by atoms with E-state index in [1.807, 2.05) is 6.92 Å². The summed E-state index contributed by atoms with van der Waals surface area (Å²) in [4.78, 5) is 23.4. The highest BCUT2D eigenvalue weighted by molar-refractivity contribution is 5.90. The number of ether oxygens (including phenoxy) is 1. The molecule has 132 valence electrons. The number of carbonyl (C=O) groups excluding carboxylic acids is 2. The van der Waals surface area contributed by atoms with E-state index < -0.39 is 0 Å². The molecule has 2 amide bonds. The Morgan fingerprint density at radius 2 is 1.79 bits per heavy atom. The quantitative estimate of drug-likeness (QED) is 0.765. The Morgan fingerprint density at radius 3 is 2.46 bits per heavy atom. The van der Waals surface area contributed by atoms with Crippen LogP contribution in [0.1, 0.15) is 51.9 Å². The molecule has 2 rings (SSSR count). The van der Waals surface area contributed by atoms with Gasteiger partial charge in [0.2, 0.25) is 5.91 Å². The minimum absolute atomic E-state index is 0.000927. The van der Waals surface area contributed by atoms with Gasteiger partial charge in [-0.3, -0.25) is 9.59 Å². The monoisotopic (exact) mass is 332 g/mol. The average molecular weight is 332 g/mol. The number of hydrogen-bond acceptors (Lipinski definition) is 3. The number of hydrogen-bond donors (Lipinski definition) is 2. The predicted octanol–water partition coefficient (Wildman–Crippen LogP) is 3.50. The lowest BCUT2D eigenvalue weighted by atomic mass is 9.86. The molecule has 0 aromatic heterocycles. The molecule has 0 saturated heterocycles. The van der Waals surface area contributed by atoms with Crippen LogP contribution in [-0.4, -0.2) is 25.0 Å². The van der Waals surface area contributed by atoms with Gasteiger partial charge < -0.3 is 15.4 Å². The topological polar surface area (TPSA) is 67.4 Å². The van der Waals surface area contributed by atoms with Crippen LogP contribution in [0.3, 0.4) is 0 Å². The second kappa shape index (κ2) is 9.96. The van der Waals surface area contributed by atoms with Crippen molar-refractivity contribution >= 4 is 17.5 Å². The number of carbonyl (C=O) groups is 2. The summed E-state index contributed by atoms with van der Waals surface area (Å²) in [6, 6.07) is 7.11. The molecular formula is C19H28N2O3. The summed E-state index contributed by atoms with van der Waals surface area (Å²) in [6.07, 6.45) is 8.07. The van der Waals surface area contributed by atoms with Gasteiger partial charge >= 0.3 is 0 Å². The number of likely N-dealkylation sites (N-methyl/N-ethyl adjacent to an activating group) is 1. The lowest BCUT2D eigenvalue weighted by molar-refractivity contribution is -0.123. The summed E-state index contributed by atoms with van der Waals surface area (Å²) in [5, 5.41) is 5.59. The Morgan fingerprint density at radius 1 is 1.08 bits per heavy atom. The SMILES string of the molecule is CCNC(=O)COc1ccc(NC(=O)CCC2CCCCC2)cc1. The fourth-order valence-electron chi connectivity index (χ4n) is 3.07. The number of amides is 2. The lowest BCUT2D eigenvalue weighted by Gasteiger charge is -2.21. The molecule has 5 heteroatoms. The van der Waals surface area contributed by atoms with E-state index in [1.165, 1.54) is 32.1 Å². The molecule has 0 unspecified atom stereocenters. The Kier molecular flexibility index (Phi) is 7.59. The van der Waals surface area contributed by atoms with Crippen LogP contribution in [0.5, 0.6) is 5.75 Å². The van der Waals surface area contributed by atoms with Crippen LogP contribution in [-0.2, 0) is 9.59 Å². The maximum atomic E-state index is 12.0. The van der Waals surface area contributed by atoms with E-state index in [2.05, 4.69) is 10.6 Å². The van der Waals surface area contributed by atoms with Gasteiger partial charge in [0.1, 0.15) is 5.75 Å². The van der Waals surface area contributed by atoms with Gasteiger partial charge in [-0.15, -0.1) is 0 Å².